The number of halogens is 1. The minimum Gasteiger partial charge on any atom is -0.351 e. The summed E-state index contributed by atoms with van der Waals surface area (Å²) >= 11 is 0. The fourth-order valence-corrected chi connectivity index (χ4v) is 1.96. The van der Waals surface area contributed by atoms with E-state index in [2.05, 4.69) is 15.4 Å². The van der Waals surface area contributed by atoms with E-state index in [1.165, 1.54) is 18.2 Å². The zero-order valence-corrected chi connectivity index (χ0v) is 12.0. The Hall–Kier alpha value is -2.84. The van der Waals surface area contributed by atoms with Crippen molar-refractivity contribution in [2.24, 2.45) is 11.7 Å². The fraction of sp³-hybridized carbons (Fsp3) is 0.308. The van der Waals surface area contributed by atoms with Crippen LogP contribution in [0, 0.1) is 11.7 Å². The lowest BCUT2D eigenvalue weighted by Gasteiger charge is -2.17. The first-order chi connectivity index (χ1) is 10.4. The topological polar surface area (TPSA) is 116 Å². The predicted octanol–water partition coefficient (Wildman–Crippen LogP) is 0.871. The van der Waals surface area contributed by atoms with Gasteiger partial charge < -0.3 is 5.73 Å². The van der Waals surface area contributed by atoms with Gasteiger partial charge in [-0.05, 0) is 23.3 Å². The lowest BCUT2D eigenvalue weighted by molar-refractivity contribution is -0.125. The number of hydrogen-bond donors (Lipinski definition) is 2. The lowest BCUT2D eigenvalue weighted by Crippen LogP contribution is -2.42. The second-order valence-corrected chi connectivity index (χ2v) is 4.99. The van der Waals surface area contributed by atoms with Crippen molar-refractivity contribution in [1.82, 2.24) is 25.5 Å². The number of nitrogens with two attached hydrogens (primary N) is 1. The normalized spacial score (nSPS) is 12.2. The first kappa shape index (κ1) is 15.5. The summed E-state index contributed by atoms with van der Waals surface area (Å²) in [6.45, 7) is 3.52. The molecule has 0 aliphatic carbocycles. The first-order valence-corrected chi connectivity index (χ1v) is 6.54. The molecule has 0 unspecified atom stereocenters. The zero-order valence-electron chi connectivity index (χ0n) is 12.0. The van der Waals surface area contributed by atoms with Crippen molar-refractivity contribution in [3.63, 3.8) is 0 Å². The Bertz CT molecular complexity index is 699. The largest absolute Gasteiger partial charge is 0.351 e. The number of carbonyl (C=O) groups is 2. The highest BCUT2D eigenvalue weighted by Crippen LogP contribution is 2.19. The molecule has 116 valence electrons. The number of primary amides is 1. The number of hydrogen-bond acceptors (Lipinski definition) is 5. The fourth-order valence-electron chi connectivity index (χ4n) is 1.96. The zero-order chi connectivity index (χ0) is 16.3. The molecule has 2 rings (SSSR count). The Labute approximate surface area is 125 Å². The van der Waals surface area contributed by atoms with Crippen LogP contribution in [0.15, 0.2) is 24.3 Å². The minimum absolute atomic E-state index is 0.178. The molecule has 0 fully saturated rings. The summed E-state index contributed by atoms with van der Waals surface area (Å²) in [7, 11) is 0. The maximum atomic E-state index is 13.2. The van der Waals surface area contributed by atoms with E-state index < -0.39 is 23.8 Å². The maximum absolute atomic E-state index is 13.2. The minimum atomic E-state index is -0.957. The predicted molar refractivity (Wildman–Crippen MR) is 74.8 cm³/mol. The smallest absolute Gasteiger partial charge is 0.318 e. The second kappa shape index (κ2) is 6.29. The van der Waals surface area contributed by atoms with Crippen LogP contribution in [0.4, 0.5) is 9.18 Å². The monoisotopic (exact) mass is 306 g/mol. The molecule has 1 atom stereocenters. The van der Waals surface area contributed by atoms with Gasteiger partial charge in [0.25, 0.3) is 5.91 Å². The van der Waals surface area contributed by atoms with Crippen LogP contribution in [0.1, 0.15) is 19.9 Å². The summed E-state index contributed by atoms with van der Waals surface area (Å²) in [4.78, 5) is 23.9. The van der Waals surface area contributed by atoms with Crippen molar-refractivity contribution >= 4 is 11.9 Å². The van der Waals surface area contributed by atoms with Gasteiger partial charge in [0.1, 0.15) is 5.82 Å². The van der Waals surface area contributed by atoms with E-state index in [9.17, 15) is 14.0 Å². The van der Waals surface area contributed by atoms with Crippen LogP contribution in [0.5, 0.6) is 0 Å². The van der Waals surface area contributed by atoms with Gasteiger partial charge >= 0.3 is 6.03 Å². The Morgan fingerprint density at radius 2 is 2.09 bits per heavy atom. The summed E-state index contributed by atoms with van der Waals surface area (Å²) in [5.41, 5.74) is 5.38. The van der Waals surface area contributed by atoms with E-state index >= 15 is 0 Å². The van der Waals surface area contributed by atoms with E-state index in [0.29, 0.717) is 5.56 Å². The number of urea groups is 1. The number of nitrogens with one attached hydrogen (secondary N) is 1. The molecule has 3 N–H and O–H groups in total. The van der Waals surface area contributed by atoms with Gasteiger partial charge in [0, 0.05) is 5.56 Å². The highest BCUT2D eigenvalue weighted by Gasteiger charge is 2.28. The molecule has 0 radical (unpaired) electrons. The Kier molecular flexibility index (Phi) is 4.44. The van der Waals surface area contributed by atoms with Crippen LogP contribution in [-0.4, -0.2) is 32.1 Å². The molecule has 1 aromatic carbocycles. The second-order valence-electron chi connectivity index (χ2n) is 4.99. The van der Waals surface area contributed by atoms with Crippen molar-refractivity contribution in [2.45, 2.75) is 19.9 Å². The van der Waals surface area contributed by atoms with Gasteiger partial charge in [0.2, 0.25) is 5.82 Å². The SMILES string of the molecule is CC(C)[C@H](C(=O)NC(N)=O)n1nnc(-c2cccc(F)c2)n1. The number of aromatic nitrogens is 4. The van der Waals surface area contributed by atoms with E-state index in [1.807, 2.05) is 5.32 Å². The first-order valence-electron chi connectivity index (χ1n) is 6.54. The van der Waals surface area contributed by atoms with Gasteiger partial charge in [-0.1, -0.05) is 26.0 Å². The molecule has 0 spiro atoms. The highest BCUT2D eigenvalue weighted by atomic mass is 19.1. The third-order valence-electron chi connectivity index (χ3n) is 2.91. The number of carbonyl (C=O) groups excluding carboxylic acids is 2. The molecule has 3 amide bonds. The third kappa shape index (κ3) is 3.43. The summed E-state index contributed by atoms with van der Waals surface area (Å²) < 4.78 is 13.2. The molecule has 0 bridgehead atoms. The van der Waals surface area contributed by atoms with Crippen LogP contribution >= 0.6 is 0 Å². The van der Waals surface area contributed by atoms with Gasteiger partial charge in [0.15, 0.2) is 6.04 Å². The summed E-state index contributed by atoms with van der Waals surface area (Å²) in [5.74, 6) is -1.10. The maximum Gasteiger partial charge on any atom is 0.318 e. The summed E-state index contributed by atoms with van der Waals surface area (Å²) in [6.07, 6.45) is 0. The third-order valence-corrected chi connectivity index (χ3v) is 2.91. The number of benzene rings is 1. The van der Waals surface area contributed by atoms with Crippen molar-refractivity contribution in [2.75, 3.05) is 0 Å². The van der Waals surface area contributed by atoms with Crippen LogP contribution in [0.2, 0.25) is 0 Å². The molecule has 0 aliphatic heterocycles. The van der Waals surface area contributed by atoms with Gasteiger partial charge in [-0.2, -0.15) is 4.80 Å². The van der Waals surface area contributed by atoms with E-state index in [0.717, 1.165) is 4.80 Å². The van der Waals surface area contributed by atoms with E-state index in [-0.39, 0.29) is 11.7 Å². The molecule has 0 aliphatic rings. The molecule has 1 aromatic heterocycles. The average Bonchev–Trinajstić information content (AvgIpc) is 2.86. The molecule has 22 heavy (non-hydrogen) atoms. The summed E-state index contributed by atoms with van der Waals surface area (Å²) in [6, 6.07) is 3.88. The van der Waals surface area contributed by atoms with Crippen molar-refractivity contribution in [3.05, 3.63) is 30.1 Å². The van der Waals surface area contributed by atoms with Gasteiger partial charge in [-0.25, -0.2) is 9.18 Å². The van der Waals surface area contributed by atoms with Crippen LogP contribution in [-0.2, 0) is 4.79 Å². The number of rotatable bonds is 4. The van der Waals surface area contributed by atoms with Gasteiger partial charge in [0.05, 0.1) is 0 Å². The van der Waals surface area contributed by atoms with Crippen LogP contribution in [0.3, 0.4) is 0 Å². The number of imide groups is 1. The molecule has 9 heteroatoms. The Balaban J connectivity index is 2.31. The molecular weight excluding hydrogens is 291 g/mol. The van der Waals surface area contributed by atoms with Crippen molar-refractivity contribution in [1.29, 1.82) is 0 Å². The number of tetrazole rings is 1. The van der Waals surface area contributed by atoms with Crippen LogP contribution in [0.25, 0.3) is 11.4 Å². The molecule has 2 aromatic rings. The molecule has 0 saturated carbocycles. The summed E-state index contributed by atoms with van der Waals surface area (Å²) in [5, 5.41) is 13.7. The van der Waals surface area contributed by atoms with Crippen LogP contribution < -0.4 is 11.1 Å². The molecular formula is C13H15FN6O2. The number of amides is 3. The van der Waals surface area contributed by atoms with Crippen molar-refractivity contribution in [3.8, 4) is 11.4 Å². The molecule has 0 saturated heterocycles. The number of nitrogens with zero attached hydrogens (tertiary/aromatic N) is 4. The molecule has 1 heterocycles. The lowest BCUT2D eigenvalue weighted by atomic mass is 10.0. The quantitative estimate of drug-likeness (QED) is 0.869. The average molecular weight is 306 g/mol. The van der Waals surface area contributed by atoms with Gasteiger partial charge in [-0.3, -0.25) is 10.1 Å². The standard InChI is InChI=1S/C13H15FN6O2/c1-7(2)10(12(21)16-13(15)22)20-18-11(17-19-20)8-4-3-5-9(14)6-8/h3-7,10H,1-2H3,(H3,15,16,21,22)/t10-/m1/s1. The Morgan fingerprint density at radius 1 is 1.36 bits per heavy atom. The molecule has 8 nitrogen and oxygen atoms in total. The van der Waals surface area contributed by atoms with E-state index in [1.54, 1.807) is 19.9 Å². The van der Waals surface area contributed by atoms with Crippen molar-refractivity contribution < 1.29 is 14.0 Å². The van der Waals surface area contributed by atoms with E-state index in [4.69, 9.17) is 5.73 Å². The highest BCUT2D eigenvalue weighted by molar-refractivity contribution is 5.95. The van der Waals surface area contributed by atoms with Gasteiger partial charge in [-0.15, -0.1) is 10.2 Å². The Morgan fingerprint density at radius 3 is 2.68 bits per heavy atom.